The predicted molar refractivity (Wildman–Crippen MR) is 111 cm³/mol. The van der Waals surface area contributed by atoms with E-state index in [-0.39, 0.29) is 12.1 Å². The van der Waals surface area contributed by atoms with Gasteiger partial charge in [0, 0.05) is 0 Å². The Labute approximate surface area is 174 Å². The van der Waals surface area contributed by atoms with Crippen LogP contribution in [-0.2, 0) is 0 Å². The van der Waals surface area contributed by atoms with E-state index in [9.17, 15) is 0 Å². The molecule has 2 unspecified atom stereocenters. The van der Waals surface area contributed by atoms with Crippen LogP contribution in [0.1, 0.15) is 36.6 Å². The minimum absolute atomic E-state index is 0.0308. The number of benzene rings is 2. The molecular weight excluding hydrogens is 386 g/mol. The topological polar surface area (TPSA) is 92.5 Å². The lowest BCUT2D eigenvalue weighted by Gasteiger charge is -2.31. The molecule has 9 nitrogen and oxygen atoms in total. The molecule has 2 aromatic carbocycles. The third kappa shape index (κ3) is 3.58. The Balaban J connectivity index is 1.71. The van der Waals surface area contributed by atoms with Gasteiger partial charge in [0.2, 0.25) is 11.7 Å². The molecule has 0 saturated carbocycles. The molecule has 30 heavy (non-hydrogen) atoms. The summed E-state index contributed by atoms with van der Waals surface area (Å²) >= 11 is 0. The van der Waals surface area contributed by atoms with E-state index in [1.165, 1.54) is 0 Å². The summed E-state index contributed by atoms with van der Waals surface area (Å²) in [7, 11) is 4.80. The Bertz CT molecular complexity index is 980. The lowest BCUT2D eigenvalue weighted by atomic mass is 9.93. The van der Waals surface area contributed by atoms with E-state index in [0.717, 1.165) is 23.3 Å². The van der Waals surface area contributed by atoms with E-state index in [1.54, 1.807) is 26.0 Å². The van der Waals surface area contributed by atoms with Crippen LogP contribution in [0, 0.1) is 0 Å². The molecule has 0 aliphatic carbocycles. The number of nitrogens with zero attached hydrogens (tertiary/aromatic N) is 4. The van der Waals surface area contributed by atoms with Gasteiger partial charge in [0.25, 0.3) is 0 Å². The Hall–Kier alpha value is -3.49. The number of aromatic nitrogens is 4. The van der Waals surface area contributed by atoms with Gasteiger partial charge in [0.15, 0.2) is 11.5 Å². The lowest BCUT2D eigenvalue weighted by molar-refractivity contribution is 0.321. The van der Waals surface area contributed by atoms with Crippen LogP contribution in [0.25, 0.3) is 0 Å². The highest BCUT2D eigenvalue weighted by Crippen LogP contribution is 2.44. The number of hydrogen-bond acceptors (Lipinski definition) is 8. The average molecular weight is 411 g/mol. The minimum Gasteiger partial charge on any atom is -0.494 e. The quantitative estimate of drug-likeness (QED) is 0.633. The molecule has 0 spiro atoms. The number of ether oxygens (including phenoxy) is 4. The number of fused-ring (bicyclic) bond motifs is 1. The van der Waals surface area contributed by atoms with Gasteiger partial charge in [0.1, 0.15) is 5.75 Å². The summed E-state index contributed by atoms with van der Waals surface area (Å²) < 4.78 is 23.9. The number of tetrazole rings is 1. The number of anilines is 1. The van der Waals surface area contributed by atoms with Crippen molar-refractivity contribution in [2.75, 3.05) is 33.3 Å². The minimum atomic E-state index is -0.110. The number of nitrogens with one attached hydrogen (secondary N) is 1. The summed E-state index contributed by atoms with van der Waals surface area (Å²) in [4.78, 5) is 0. The molecule has 1 aromatic heterocycles. The molecule has 0 saturated heterocycles. The first-order valence-electron chi connectivity index (χ1n) is 9.75. The van der Waals surface area contributed by atoms with E-state index in [2.05, 4.69) is 33.0 Å². The Kier molecular flexibility index (Phi) is 5.60. The highest BCUT2D eigenvalue weighted by atomic mass is 16.5. The van der Waals surface area contributed by atoms with E-state index in [0.29, 0.717) is 29.8 Å². The molecule has 9 heteroatoms. The van der Waals surface area contributed by atoms with Gasteiger partial charge in [-0.05, 0) is 59.2 Å². The SMILES string of the molecule is CCOc1ccc(C2CC(c3cc(OC)c(OC)c(OC)c3)n3nnnc3N2)cc1. The van der Waals surface area contributed by atoms with Crippen molar-refractivity contribution in [3.8, 4) is 23.0 Å². The maximum atomic E-state index is 5.56. The second-order valence-corrected chi connectivity index (χ2v) is 6.86. The summed E-state index contributed by atoms with van der Waals surface area (Å²) in [5.74, 6) is 3.20. The second-order valence-electron chi connectivity index (χ2n) is 6.86. The molecule has 2 atom stereocenters. The van der Waals surface area contributed by atoms with Gasteiger partial charge in [-0.3, -0.25) is 0 Å². The summed E-state index contributed by atoms with van der Waals surface area (Å²) in [6.07, 6.45) is 0.741. The molecule has 1 aliphatic rings. The summed E-state index contributed by atoms with van der Waals surface area (Å²) in [5.41, 5.74) is 2.10. The largest absolute Gasteiger partial charge is 0.494 e. The third-order valence-corrected chi connectivity index (χ3v) is 5.22. The van der Waals surface area contributed by atoms with Crippen LogP contribution >= 0.6 is 0 Å². The smallest absolute Gasteiger partial charge is 0.243 e. The van der Waals surface area contributed by atoms with Crippen LogP contribution in [0.15, 0.2) is 36.4 Å². The highest BCUT2D eigenvalue weighted by Gasteiger charge is 2.32. The van der Waals surface area contributed by atoms with Crippen LogP contribution in [0.2, 0.25) is 0 Å². The van der Waals surface area contributed by atoms with Crippen molar-refractivity contribution in [2.45, 2.75) is 25.4 Å². The Morgan fingerprint density at radius 3 is 2.30 bits per heavy atom. The highest BCUT2D eigenvalue weighted by molar-refractivity contribution is 5.55. The van der Waals surface area contributed by atoms with Gasteiger partial charge in [-0.25, -0.2) is 4.68 Å². The zero-order chi connectivity index (χ0) is 21.1. The Morgan fingerprint density at radius 1 is 1.00 bits per heavy atom. The first-order valence-corrected chi connectivity index (χ1v) is 9.75. The fourth-order valence-electron chi connectivity index (χ4n) is 3.79. The van der Waals surface area contributed by atoms with Crippen molar-refractivity contribution in [1.82, 2.24) is 20.2 Å². The maximum Gasteiger partial charge on any atom is 0.243 e. The van der Waals surface area contributed by atoms with Crippen molar-refractivity contribution in [1.29, 1.82) is 0 Å². The molecule has 3 aromatic rings. The van der Waals surface area contributed by atoms with Gasteiger partial charge in [-0.2, -0.15) is 0 Å². The van der Waals surface area contributed by atoms with E-state index in [4.69, 9.17) is 18.9 Å². The van der Waals surface area contributed by atoms with Gasteiger partial charge >= 0.3 is 0 Å². The second kappa shape index (κ2) is 8.48. The number of methoxy groups -OCH3 is 3. The van der Waals surface area contributed by atoms with Crippen LogP contribution < -0.4 is 24.3 Å². The van der Waals surface area contributed by atoms with E-state index >= 15 is 0 Å². The zero-order valence-corrected chi connectivity index (χ0v) is 17.5. The summed E-state index contributed by atoms with van der Waals surface area (Å²) in [6, 6.07) is 11.9. The molecule has 0 amide bonds. The fourth-order valence-corrected chi connectivity index (χ4v) is 3.79. The fraction of sp³-hybridized carbons (Fsp3) is 0.381. The lowest BCUT2D eigenvalue weighted by Crippen LogP contribution is -2.28. The predicted octanol–water partition coefficient (Wildman–Crippen LogP) is 3.24. The molecule has 2 heterocycles. The van der Waals surface area contributed by atoms with Gasteiger partial charge in [0.05, 0.1) is 40.0 Å². The van der Waals surface area contributed by atoms with Crippen LogP contribution in [0.5, 0.6) is 23.0 Å². The van der Waals surface area contributed by atoms with Crippen LogP contribution in [0.3, 0.4) is 0 Å². The van der Waals surface area contributed by atoms with Crippen LogP contribution in [0.4, 0.5) is 5.95 Å². The monoisotopic (exact) mass is 411 g/mol. The van der Waals surface area contributed by atoms with E-state index < -0.39 is 0 Å². The van der Waals surface area contributed by atoms with Crippen molar-refractivity contribution >= 4 is 5.95 Å². The number of rotatable bonds is 7. The van der Waals surface area contributed by atoms with Crippen molar-refractivity contribution < 1.29 is 18.9 Å². The van der Waals surface area contributed by atoms with Crippen molar-refractivity contribution in [2.24, 2.45) is 0 Å². The van der Waals surface area contributed by atoms with Crippen molar-refractivity contribution in [3.63, 3.8) is 0 Å². The molecule has 1 N–H and O–H groups in total. The molecule has 1 aliphatic heterocycles. The standard InChI is InChI=1S/C21H25N5O4/c1-5-30-15-8-6-13(7-9-15)16-12-17(26-21(22-16)23-24-25-26)14-10-18(27-2)20(29-4)19(11-14)28-3/h6-11,16-17H,5,12H2,1-4H3,(H,22,23,25). The van der Waals surface area contributed by atoms with Gasteiger partial charge in [-0.15, -0.1) is 0 Å². The molecule has 4 rings (SSSR count). The summed E-state index contributed by atoms with van der Waals surface area (Å²) in [5, 5.41) is 15.6. The first-order chi connectivity index (χ1) is 14.7. The molecule has 0 bridgehead atoms. The van der Waals surface area contributed by atoms with E-state index in [1.807, 2.05) is 31.2 Å². The molecule has 158 valence electrons. The normalized spacial score (nSPS) is 17.6. The molecular formula is C21H25N5O4. The first kappa shape index (κ1) is 19.8. The maximum absolute atomic E-state index is 5.56. The Morgan fingerprint density at radius 2 is 1.70 bits per heavy atom. The number of hydrogen-bond donors (Lipinski definition) is 1. The molecule has 0 fully saturated rings. The summed E-state index contributed by atoms with van der Waals surface area (Å²) in [6.45, 7) is 2.61. The average Bonchev–Trinajstić information content (AvgIpc) is 3.27. The van der Waals surface area contributed by atoms with Crippen molar-refractivity contribution in [3.05, 3.63) is 47.5 Å². The third-order valence-electron chi connectivity index (χ3n) is 5.22. The van der Waals surface area contributed by atoms with Gasteiger partial charge in [-0.1, -0.05) is 17.2 Å². The van der Waals surface area contributed by atoms with Crippen LogP contribution in [-0.4, -0.2) is 48.1 Å². The van der Waals surface area contributed by atoms with Gasteiger partial charge < -0.3 is 24.3 Å². The zero-order valence-electron chi connectivity index (χ0n) is 17.5. The molecule has 0 radical (unpaired) electrons.